The Bertz CT molecular complexity index is 535. The van der Waals surface area contributed by atoms with Crippen LogP contribution in [0.15, 0.2) is 24.3 Å². The zero-order valence-corrected chi connectivity index (χ0v) is 12.1. The number of nitrogens with one attached hydrogen (secondary N) is 1. The van der Waals surface area contributed by atoms with E-state index in [1.165, 1.54) is 6.07 Å². The van der Waals surface area contributed by atoms with Crippen LogP contribution in [0.2, 0.25) is 5.02 Å². The number of urea groups is 1. The quantitative estimate of drug-likeness (QED) is 0.776. The molecule has 0 unspecified atom stereocenters. The molecule has 2 amide bonds. The molecule has 1 aromatic rings. The minimum atomic E-state index is -1.19. The van der Waals surface area contributed by atoms with Crippen LogP contribution in [0.25, 0.3) is 0 Å². The molecule has 8 heteroatoms. The maximum atomic E-state index is 12.0. The lowest BCUT2D eigenvalue weighted by Gasteiger charge is -2.21. The van der Waals surface area contributed by atoms with Gasteiger partial charge in [0.25, 0.3) is 0 Å². The largest absolute Gasteiger partial charge is 0.480 e. The number of rotatable bonds is 6. The Kier molecular flexibility index (Phi) is 6.48. The summed E-state index contributed by atoms with van der Waals surface area (Å²) in [4.78, 5) is 35.0. The summed E-state index contributed by atoms with van der Waals surface area (Å²) in [6.07, 6.45) is 0. The van der Waals surface area contributed by atoms with Gasteiger partial charge in [0.1, 0.15) is 13.1 Å². The molecule has 1 rings (SSSR count). The Balaban J connectivity index is 2.80. The fraction of sp³-hybridized carbons (Fsp3) is 0.308. The monoisotopic (exact) mass is 314 g/mol. The number of carboxylic acid groups (broad SMARTS) is 1. The van der Waals surface area contributed by atoms with Crippen molar-refractivity contribution in [1.82, 2.24) is 5.32 Å². The second-order valence-corrected chi connectivity index (χ2v) is 4.36. The van der Waals surface area contributed by atoms with E-state index in [0.717, 1.165) is 4.90 Å². The molecule has 21 heavy (non-hydrogen) atoms. The van der Waals surface area contributed by atoms with Gasteiger partial charge in [0.15, 0.2) is 0 Å². The summed E-state index contributed by atoms with van der Waals surface area (Å²) >= 11 is 5.82. The third-order valence-electron chi connectivity index (χ3n) is 2.35. The maximum Gasteiger partial charge on any atom is 0.325 e. The number of benzene rings is 1. The van der Waals surface area contributed by atoms with Crippen molar-refractivity contribution in [2.45, 2.75) is 6.92 Å². The number of nitrogens with zero attached hydrogens (tertiary/aromatic N) is 1. The van der Waals surface area contributed by atoms with Gasteiger partial charge in [-0.15, -0.1) is 0 Å². The van der Waals surface area contributed by atoms with E-state index in [-0.39, 0.29) is 13.2 Å². The smallest absolute Gasteiger partial charge is 0.325 e. The Morgan fingerprint density at radius 3 is 2.67 bits per heavy atom. The maximum absolute atomic E-state index is 12.0. The lowest BCUT2D eigenvalue weighted by molar-refractivity contribution is -0.141. The van der Waals surface area contributed by atoms with Gasteiger partial charge in [-0.2, -0.15) is 0 Å². The normalized spacial score (nSPS) is 9.81. The van der Waals surface area contributed by atoms with Crippen molar-refractivity contribution in [2.75, 3.05) is 24.6 Å². The summed E-state index contributed by atoms with van der Waals surface area (Å²) in [5.41, 5.74) is 0.311. The van der Waals surface area contributed by atoms with Gasteiger partial charge in [0, 0.05) is 10.7 Å². The molecule has 0 saturated heterocycles. The van der Waals surface area contributed by atoms with Crippen LogP contribution in [0.3, 0.4) is 0 Å². The Labute approximate surface area is 126 Å². The molecule has 0 aliphatic carbocycles. The summed E-state index contributed by atoms with van der Waals surface area (Å²) in [6.45, 7) is 0.933. The number of anilines is 1. The molecule has 7 nitrogen and oxygen atoms in total. The highest BCUT2D eigenvalue weighted by molar-refractivity contribution is 6.30. The average Bonchev–Trinajstić information content (AvgIpc) is 2.42. The second kappa shape index (κ2) is 8.11. The molecule has 0 aliphatic rings. The van der Waals surface area contributed by atoms with Crippen LogP contribution in [-0.4, -0.2) is 42.8 Å². The molecule has 0 spiro atoms. The Hall–Kier alpha value is -2.28. The van der Waals surface area contributed by atoms with Crippen LogP contribution in [-0.2, 0) is 14.3 Å². The number of halogens is 1. The van der Waals surface area contributed by atoms with Crippen molar-refractivity contribution in [3.63, 3.8) is 0 Å². The van der Waals surface area contributed by atoms with Gasteiger partial charge in [-0.3, -0.25) is 14.5 Å². The molecule has 0 heterocycles. The molecule has 0 fully saturated rings. The summed E-state index contributed by atoms with van der Waals surface area (Å²) in [5.74, 6) is -1.80. The van der Waals surface area contributed by atoms with E-state index in [1.54, 1.807) is 25.1 Å². The number of aliphatic carboxylic acids is 1. The van der Waals surface area contributed by atoms with Crippen LogP contribution >= 0.6 is 11.6 Å². The first-order chi connectivity index (χ1) is 9.93. The van der Waals surface area contributed by atoms with Crippen LogP contribution in [0, 0.1) is 0 Å². The third kappa shape index (κ3) is 5.70. The summed E-state index contributed by atoms with van der Waals surface area (Å²) in [7, 11) is 0. The summed E-state index contributed by atoms with van der Waals surface area (Å²) < 4.78 is 4.67. The Morgan fingerprint density at radius 2 is 2.10 bits per heavy atom. The lowest BCUT2D eigenvalue weighted by atomic mass is 10.3. The molecular formula is C13H15ClN2O5. The van der Waals surface area contributed by atoms with Crippen molar-refractivity contribution in [3.05, 3.63) is 29.3 Å². The molecule has 1 aromatic carbocycles. The number of amides is 2. The third-order valence-corrected chi connectivity index (χ3v) is 2.58. The van der Waals surface area contributed by atoms with Gasteiger partial charge in [-0.1, -0.05) is 17.7 Å². The first-order valence-corrected chi connectivity index (χ1v) is 6.50. The van der Waals surface area contributed by atoms with E-state index in [1.807, 2.05) is 0 Å². The highest BCUT2D eigenvalue weighted by Crippen LogP contribution is 2.19. The molecule has 0 bridgehead atoms. The SMILES string of the molecule is CCOC(=O)CNC(=O)N(CC(=O)O)c1cccc(Cl)c1. The van der Waals surface area contributed by atoms with Crippen LogP contribution in [0.5, 0.6) is 0 Å². The van der Waals surface area contributed by atoms with Gasteiger partial charge in [-0.05, 0) is 25.1 Å². The predicted molar refractivity (Wildman–Crippen MR) is 76.5 cm³/mol. The second-order valence-electron chi connectivity index (χ2n) is 3.92. The predicted octanol–water partition coefficient (Wildman–Crippen LogP) is 1.50. The standard InChI is InChI=1S/C13H15ClN2O5/c1-2-21-12(19)7-15-13(20)16(8-11(17)18)10-5-3-4-9(14)6-10/h3-6H,2,7-8H2,1H3,(H,15,20)(H,17,18). The molecule has 2 N–H and O–H groups in total. The van der Waals surface area contributed by atoms with Gasteiger partial charge in [0.05, 0.1) is 6.61 Å². The number of hydrogen-bond donors (Lipinski definition) is 2. The lowest BCUT2D eigenvalue weighted by Crippen LogP contribution is -2.44. The van der Waals surface area contributed by atoms with Crippen LogP contribution in [0.1, 0.15) is 6.92 Å². The van der Waals surface area contributed by atoms with E-state index < -0.39 is 24.5 Å². The van der Waals surface area contributed by atoms with E-state index in [0.29, 0.717) is 10.7 Å². The van der Waals surface area contributed by atoms with E-state index in [4.69, 9.17) is 16.7 Å². The van der Waals surface area contributed by atoms with Crippen molar-refractivity contribution in [1.29, 1.82) is 0 Å². The Morgan fingerprint density at radius 1 is 1.38 bits per heavy atom. The molecule has 0 aliphatic heterocycles. The van der Waals surface area contributed by atoms with E-state index in [2.05, 4.69) is 10.1 Å². The molecular weight excluding hydrogens is 300 g/mol. The highest BCUT2D eigenvalue weighted by Gasteiger charge is 2.19. The summed E-state index contributed by atoms with van der Waals surface area (Å²) in [5, 5.41) is 11.5. The fourth-order valence-electron chi connectivity index (χ4n) is 1.51. The van der Waals surface area contributed by atoms with Crippen LogP contribution in [0.4, 0.5) is 10.5 Å². The van der Waals surface area contributed by atoms with E-state index >= 15 is 0 Å². The first kappa shape index (κ1) is 16.8. The van der Waals surface area contributed by atoms with Crippen molar-refractivity contribution < 1.29 is 24.2 Å². The molecule has 0 radical (unpaired) electrons. The summed E-state index contributed by atoms with van der Waals surface area (Å²) in [6, 6.07) is 5.45. The highest BCUT2D eigenvalue weighted by atomic mass is 35.5. The van der Waals surface area contributed by atoms with Crippen molar-refractivity contribution in [2.24, 2.45) is 0 Å². The minimum absolute atomic E-state index is 0.196. The fourth-order valence-corrected chi connectivity index (χ4v) is 1.70. The number of carbonyl (C=O) groups is 3. The molecule has 0 saturated carbocycles. The zero-order chi connectivity index (χ0) is 15.8. The van der Waals surface area contributed by atoms with Gasteiger partial charge >= 0.3 is 18.0 Å². The van der Waals surface area contributed by atoms with Gasteiger partial charge < -0.3 is 15.2 Å². The zero-order valence-electron chi connectivity index (χ0n) is 11.3. The van der Waals surface area contributed by atoms with Gasteiger partial charge in [-0.25, -0.2) is 4.79 Å². The number of carbonyl (C=O) groups excluding carboxylic acids is 2. The molecule has 114 valence electrons. The molecule has 0 aromatic heterocycles. The van der Waals surface area contributed by atoms with Crippen molar-refractivity contribution >= 4 is 35.3 Å². The number of esters is 1. The minimum Gasteiger partial charge on any atom is -0.480 e. The van der Waals surface area contributed by atoms with Crippen LogP contribution < -0.4 is 10.2 Å². The first-order valence-electron chi connectivity index (χ1n) is 6.12. The topological polar surface area (TPSA) is 95.9 Å². The number of hydrogen-bond acceptors (Lipinski definition) is 4. The molecule has 0 atom stereocenters. The van der Waals surface area contributed by atoms with E-state index in [9.17, 15) is 14.4 Å². The van der Waals surface area contributed by atoms with Gasteiger partial charge in [0.2, 0.25) is 0 Å². The van der Waals surface area contributed by atoms with Crippen molar-refractivity contribution in [3.8, 4) is 0 Å². The number of ether oxygens (including phenoxy) is 1. The average molecular weight is 315 g/mol. The number of carboxylic acids is 1.